The fourth-order valence-electron chi connectivity index (χ4n) is 4.07. The van der Waals surface area contributed by atoms with Crippen molar-refractivity contribution in [3.8, 4) is 11.5 Å². The lowest BCUT2D eigenvalue weighted by Gasteiger charge is -2.19. The summed E-state index contributed by atoms with van der Waals surface area (Å²) in [6, 6.07) is 3.98. The van der Waals surface area contributed by atoms with Gasteiger partial charge in [-0.05, 0) is 72.7 Å². The number of aryl methyl sites for hydroxylation is 3. The summed E-state index contributed by atoms with van der Waals surface area (Å²) in [5.74, 6) is 1.48. The summed E-state index contributed by atoms with van der Waals surface area (Å²) >= 11 is 0. The lowest BCUT2D eigenvalue weighted by atomic mass is 9.87. The van der Waals surface area contributed by atoms with Gasteiger partial charge in [-0.25, -0.2) is 0 Å². The third kappa shape index (κ3) is 2.29. The lowest BCUT2D eigenvalue weighted by Crippen LogP contribution is -2.02. The third-order valence-corrected chi connectivity index (χ3v) is 5.27. The number of methoxy groups -OCH3 is 2. The van der Waals surface area contributed by atoms with Gasteiger partial charge in [0.2, 0.25) is 0 Å². The van der Waals surface area contributed by atoms with E-state index in [1.165, 1.54) is 0 Å². The van der Waals surface area contributed by atoms with Crippen molar-refractivity contribution in [1.29, 1.82) is 0 Å². The Morgan fingerprint density at radius 3 is 1.81 bits per heavy atom. The summed E-state index contributed by atoms with van der Waals surface area (Å²) in [5, 5.41) is 3.30. The Labute approximate surface area is 152 Å². The summed E-state index contributed by atoms with van der Waals surface area (Å²) < 4.78 is 11.1. The van der Waals surface area contributed by atoms with Crippen LogP contribution in [0.2, 0.25) is 0 Å². The molecule has 0 aromatic heterocycles. The number of fused-ring (bicyclic) bond motifs is 2. The number of hydrogen-bond acceptors (Lipinski definition) is 4. The van der Waals surface area contributed by atoms with Gasteiger partial charge in [0.15, 0.2) is 12.6 Å². The van der Waals surface area contributed by atoms with Crippen LogP contribution in [0.3, 0.4) is 0 Å². The van der Waals surface area contributed by atoms with Crippen LogP contribution in [0.15, 0.2) is 12.1 Å². The fraction of sp³-hybridized carbons (Fsp3) is 0.273. The molecule has 0 saturated carbocycles. The zero-order valence-electron chi connectivity index (χ0n) is 15.9. The number of hydrogen-bond donors (Lipinski definition) is 0. The fourth-order valence-corrected chi connectivity index (χ4v) is 4.07. The number of carbonyl (C=O) groups excluding carboxylic acids is 2. The first-order valence-electron chi connectivity index (χ1n) is 8.43. The molecule has 0 unspecified atom stereocenters. The second-order valence-electron chi connectivity index (χ2n) is 6.59. The van der Waals surface area contributed by atoms with Gasteiger partial charge in [-0.1, -0.05) is 0 Å². The average Bonchev–Trinajstić information content (AvgIpc) is 2.62. The van der Waals surface area contributed by atoms with E-state index in [4.69, 9.17) is 9.47 Å². The lowest BCUT2D eigenvalue weighted by molar-refractivity contribution is 0.112. The summed E-state index contributed by atoms with van der Waals surface area (Å²) in [6.07, 6.45) is 1.65. The van der Waals surface area contributed by atoms with Crippen molar-refractivity contribution in [3.05, 3.63) is 45.5 Å². The Bertz CT molecular complexity index is 1080. The van der Waals surface area contributed by atoms with Gasteiger partial charge >= 0.3 is 0 Å². The minimum Gasteiger partial charge on any atom is -0.496 e. The summed E-state index contributed by atoms with van der Waals surface area (Å²) in [6.45, 7) is 7.73. The standard InChI is InChI=1S/C22H22O4/c1-11-7-17-15(12(2)21(11)25-5)8-16-13(3)22(26-6)14(4)18(9-23)20(16)19(17)10-24/h7-10H,1-6H3. The maximum absolute atomic E-state index is 12.1. The SMILES string of the molecule is COc1c(C)cc2c(C=O)c3c(C=O)c(C)c(OC)c(C)c3cc2c1C. The van der Waals surface area contributed by atoms with Crippen LogP contribution in [-0.2, 0) is 0 Å². The van der Waals surface area contributed by atoms with E-state index < -0.39 is 0 Å². The van der Waals surface area contributed by atoms with Crippen LogP contribution in [0.1, 0.15) is 43.0 Å². The summed E-state index contributed by atoms with van der Waals surface area (Å²) in [7, 11) is 3.24. The Morgan fingerprint density at radius 1 is 0.692 bits per heavy atom. The van der Waals surface area contributed by atoms with Gasteiger partial charge in [-0.3, -0.25) is 9.59 Å². The van der Waals surface area contributed by atoms with Crippen molar-refractivity contribution in [2.24, 2.45) is 0 Å². The van der Waals surface area contributed by atoms with Gasteiger partial charge < -0.3 is 9.47 Å². The molecule has 3 aromatic carbocycles. The first-order valence-corrected chi connectivity index (χ1v) is 8.43. The van der Waals surface area contributed by atoms with Crippen LogP contribution < -0.4 is 9.47 Å². The molecule has 0 spiro atoms. The maximum Gasteiger partial charge on any atom is 0.151 e. The molecular weight excluding hydrogens is 328 g/mol. The highest BCUT2D eigenvalue weighted by Crippen LogP contribution is 2.41. The van der Waals surface area contributed by atoms with Crippen molar-refractivity contribution in [2.75, 3.05) is 14.2 Å². The van der Waals surface area contributed by atoms with Crippen LogP contribution in [0, 0.1) is 27.7 Å². The highest BCUT2D eigenvalue weighted by Gasteiger charge is 2.21. The van der Waals surface area contributed by atoms with Gasteiger partial charge in [0.05, 0.1) is 14.2 Å². The van der Waals surface area contributed by atoms with Crippen LogP contribution >= 0.6 is 0 Å². The molecule has 0 aliphatic carbocycles. The molecule has 0 radical (unpaired) electrons. The number of ether oxygens (including phenoxy) is 2. The Kier molecular flexibility index (Phi) is 4.45. The molecule has 3 rings (SSSR count). The predicted molar refractivity (Wildman–Crippen MR) is 104 cm³/mol. The molecule has 0 fully saturated rings. The number of benzene rings is 3. The second kappa shape index (κ2) is 6.45. The van der Waals surface area contributed by atoms with Crippen molar-refractivity contribution in [1.82, 2.24) is 0 Å². The molecule has 0 heterocycles. The van der Waals surface area contributed by atoms with Gasteiger partial charge in [-0.2, -0.15) is 0 Å². The minimum atomic E-state index is 0.498. The van der Waals surface area contributed by atoms with Crippen LogP contribution in [-0.4, -0.2) is 26.8 Å². The molecule has 0 aliphatic heterocycles. The zero-order chi connectivity index (χ0) is 19.2. The molecule has 0 atom stereocenters. The Balaban J connectivity index is 2.70. The van der Waals surface area contributed by atoms with E-state index in [2.05, 4.69) is 0 Å². The van der Waals surface area contributed by atoms with E-state index in [1.807, 2.05) is 39.8 Å². The molecule has 0 N–H and O–H groups in total. The molecule has 0 amide bonds. The maximum atomic E-state index is 12.1. The molecule has 4 nitrogen and oxygen atoms in total. The Morgan fingerprint density at radius 2 is 1.27 bits per heavy atom. The van der Waals surface area contributed by atoms with E-state index in [0.717, 1.165) is 56.7 Å². The van der Waals surface area contributed by atoms with Gasteiger partial charge in [0, 0.05) is 22.1 Å². The highest BCUT2D eigenvalue weighted by atomic mass is 16.5. The molecule has 134 valence electrons. The number of aldehydes is 2. The highest BCUT2D eigenvalue weighted by molar-refractivity contribution is 6.19. The monoisotopic (exact) mass is 350 g/mol. The largest absolute Gasteiger partial charge is 0.496 e. The van der Waals surface area contributed by atoms with Gasteiger partial charge in [0.1, 0.15) is 11.5 Å². The van der Waals surface area contributed by atoms with Gasteiger partial charge in [-0.15, -0.1) is 0 Å². The molecule has 0 saturated heterocycles. The first kappa shape index (κ1) is 17.9. The first-order chi connectivity index (χ1) is 12.4. The second-order valence-corrected chi connectivity index (χ2v) is 6.59. The quantitative estimate of drug-likeness (QED) is 0.498. The van der Waals surface area contributed by atoms with Crippen molar-refractivity contribution in [2.45, 2.75) is 27.7 Å². The van der Waals surface area contributed by atoms with E-state index in [1.54, 1.807) is 14.2 Å². The third-order valence-electron chi connectivity index (χ3n) is 5.27. The smallest absolute Gasteiger partial charge is 0.151 e. The number of rotatable bonds is 4. The van der Waals surface area contributed by atoms with Gasteiger partial charge in [0.25, 0.3) is 0 Å². The van der Waals surface area contributed by atoms with Crippen LogP contribution in [0.4, 0.5) is 0 Å². The van der Waals surface area contributed by atoms with E-state index >= 15 is 0 Å². The predicted octanol–water partition coefficient (Wildman–Crippen LogP) is 4.87. The van der Waals surface area contributed by atoms with E-state index in [-0.39, 0.29) is 0 Å². The molecule has 0 aliphatic rings. The van der Waals surface area contributed by atoms with Crippen LogP contribution in [0.25, 0.3) is 21.5 Å². The molecular formula is C22H22O4. The van der Waals surface area contributed by atoms with Crippen molar-refractivity contribution in [3.63, 3.8) is 0 Å². The summed E-state index contributed by atoms with van der Waals surface area (Å²) in [4.78, 5) is 23.9. The van der Waals surface area contributed by atoms with Crippen molar-refractivity contribution >= 4 is 34.1 Å². The molecule has 26 heavy (non-hydrogen) atoms. The average molecular weight is 350 g/mol. The molecule has 0 bridgehead atoms. The van der Waals surface area contributed by atoms with Crippen LogP contribution in [0.5, 0.6) is 11.5 Å². The molecule has 3 aromatic rings. The number of carbonyl (C=O) groups is 2. The topological polar surface area (TPSA) is 52.6 Å². The minimum absolute atomic E-state index is 0.498. The van der Waals surface area contributed by atoms with E-state index in [0.29, 0.717) is 22.3 Å². The zero-order valence-corrected chi connectivity index (χ0v) is 15.9. The Hall–Kier alpha value is -2.88. The summed E-state index contributed by atoms with van der Waals surface area (Å²) in [5.41, 5.74) is 4.61. The molecule has 4 heteroatoms. The van der Waals surface area contributed by atoms with E-state index in [9.17, 15) is 9.59 Å². The van der Waals surface area contributed by atoms with Crippen molar-refractivity contribution < 1.29 is 19.1 Å². The normalized spacial score (nSPS) is 11.0.